The number of thioether (sulfide) groups is 1. The second kappa shape index (κ2) is 5.56. The lowest BCUT2D eigenvalue weighted by atomic mass is 10.0. The van der Waals surface area contributed by atoms with Crippen molar-refractivity contribution >= 4 is 11.8 Å². The first-order valence-electron chi connectivity index (χ1n) is 4.54. The van der Waals surface area contributed by atoms with Gasteiger partial charge < -0.3 is 5.11 Å². The van der Waals surface area contributed by atoms with Gasteiger partial charge in [0.1, 0.15) is 11.2 Å². The Balaban J connectivity index is 2.54. The highest BCUT2D eigenvalue weighted by Crippen LogP contribution is 2.22. The van der Waals surface area contributed by atoms with Crippen LogP contribution in [0, 0.1) is 17.6 Å². The van der Waals surface area contributed by atoms with Crippen molar-refractivity contribution in [3.8, 4) is 11.2 Å². The molecule has 0 aromatic heterocycles. The van der Waals surface area contributed by atoms with E-state index < -0.39 is 0 Å². The van der Waals surface area contributed by atoms with Crippen molar-refractivity contribution in [1.82, 2.24) is 0 Å². The number of rotatable bonds is 4. The van der Waals surface area contributed by atoms with Crippen LogP contribution in [-0.4, -0.2) is 10.9 Å². The highest BCUT2D eigenvalue weighted by Gasteiger charge is 2.03. The maximum absolute atomic E-state index is 9.58. The summed E-state index contributed by atoms with van der Waals surface area (Å²) in [7, 11) is 0. The van der Waals surface area contributed by atoms with Gasteiger partial charge in [0.15, 0.2) is 0 Å². The fraction of sp³-hybridized carbons (Fsp3) is 0.364. The number of thiocyanates is 1. The first-order chi connectivity index (χ1) is 6.75. The van der Waals surface area contributed by atoms with E-state index in [9.17, 15) is 5.11 Å². The number of aryl methyl sites for hydroxylation is 1. The summed E-state index contributed by atoms with van der Waals surface area (Å²) in [5.74, 6) is 1.19. The number of benzene rings is 1. The number of aromatic hydroxyl groups is 1. The Labute approximate surface area is 88.6 Å². The van der Waals surface area contributed by atoms with Crippen molar-refractivity contribution in [2.45, 2.75) is 19.8 Å². The molecular formula is C11H13NOS. The standard InChI is InChI=1S/C11H13NOS/c1-9-4-2-6-11(13)10(9)5-3-7-14-8-12/h2,4,6,13H,3,5,7H2,1H3. The number of nitrogens with zero attached hydrogens (tertiary/aromatic N) is 1. The lowest BCUT2D eigenvalue weighted by molar-refractivity contribution is 0.467. The van der Waals surface area contributed by atoms with Crippen molar-refractivity contribution in [2.24, 2.45) is 0 Å². The van der Waals surface area contributed by atoms with Crippen LogP contribution in [0.4, 0.5) is 0 Å². The summed E-state index contributed by atoms with van der Waals surface area (Å²) in [6.45, 7) is 1.99. The zero-order chi connectivity index (χ0) is 10.4. The molecule has 1 N–H and O–H groups in total. The molecule has 0 radical (unpaired) electrons. The van der Waals surface area contributed by atoms with E-state index in [0.29, 0.717) is 5.75 Å². The summed E-state index contributed by atoms with van der Waals surface area (Å²) in [5, 5.41) is 19.9. The minimum atomic E-state index is 0.368. The third-order valence-corrected chi connectivity index (χ3v) is 2.75. The van der Waals surface area contributed by atoms with Crippen LogP contribution in [-0.2, 0) is 6.42 Å². The maximum atomic E-state index is 9.58. The van der Waals surface area contributed by atoms with Crippen molar-refractivity contribution in [2.75, 3.05) is 5.75 Å². The first kappa shape index (κ1) is 10.9. The molecule has 1 aromatic rings. The van der Waals surface area contributed by atoms with Gasteiger partial charge in [-0.2, -0.15) is 5.26 Å². The Hall–Kier alpha value is -1.14. The van der Waals surface area contributed by atoms with Crippen LogP contribution >= 0.6 is 11.8 Å². The summed E-state index contributed by atoms with van der Waals surface area (Å²) < 4.78 is 0. The normalized spacial score (nSPS) is 9.71. The Morgan fingerprint density at radius 2 is 2.29 bits per heavy atom. The summed E-state index contributed by atoms with van der Waals surface area (Å²) in [5.41, 5.74) is 2.12. The smallest absolute Gasteiger partial charge is 0.133 e. The third-order valence-electron chi connectivity index (χ3n) is 2.12. The average Bonchev–Trinajstić information content (AvgIpc) is 2.16. The number of nitriles is 1. The minimum absolute atomic E-state index is 0.368. The molecule has 74 valence electrons. The van der Waals surface area contributed by atoms with Crippen LogP contribution < -0.4 is 0 Å². The van der Waals surface area contributed by atoms with E-state index in [1.54, 1.807) is 6.07 Å². The number of phenols is 1. The summed E-state index contributed by atoms with van der Waals surface area (Å²) in [6.07, 6.45) is 1.77. The predicted molar refractivity (Wildman–Crippen MR) is 59.2 cm³/mol. The van der Waals surface area contributed by atoms with Crippen molar-refractivity contribution < 1.29 is 5.11 Å². The Bertz CT molecular complexity index is 323. The van der Waals surface area contributed by atoms with E-state index in [2.05, 4.69) is 0 Å². The van der Waals surface area contributed by atoms with Crippen LogP contribution in [0.5, 0.6) is 5.75 Å². The molecule has 0 heterocycles. The average molecular weight is 207 g/mol. The van der Waals surface area contributed by atoms with Gasteiger partial charge in [-0.1, -0.05) is 12.1 Å². The minimum Gasteiger partial charge on any atom is -0.508 e. The molecule has 0 saturated carbocycles. The summed E-state index contributed by atoms with van der Waals surface area (Å²) in [4.78, 5) is 0. The van der Waals surface area contributed by atoms with Gasteiger partial charge in [0.05, 0.1) is 0 Å². The van der Waals surface area contributed by atoms with E-state index in [-0.39, 0.29) is 0 Å². The molecule has 0 aliphatic heterocycles. The zero-order valence-electron chi connectivity index (χ0n) is 8.16. The van der Waals surface area contributed by atoms with E-state index in [1.165, 1.54) is 11.8 Å². The van der Waals surface area contributed by atoms with E-state index >= 15 is 0 Å². The van der Waals surface area contributed by atoms with E-state index in [1.807, 2.05) is 24.5 Å². The monoisotopic (exact) mass is 207 g/mol. The van der Waals surface area contributed by atoms with Gasteiger partial charge in [-0.3, -0.25) is 0 Å². The van der Waals surface area contributed by atoms with E-state index in [0.717, 1.165) is 29.7 Å². The predicted octanol–water partition coefficient (Wildman–Crippen LogP) is 2.85. The lowest BCUT2D eigenvalue weighted by Crippen LogP contribution is -1.91. The molecule has 0 fully saturated rings. The van der Waals surface area contributed by atoms with Gasteiger partial charge in [-0.15, -0.1) is 0 Å². The highest BCUT2D eigenvalue weighted by atomic mass is 32.2. The molecule has 0 aliphatic rings. The Morgan fingerprint density at radius 1 is 1.50 bits per heavy atom. The van der Waals surface area contributed by atoms with Gasteiger partial charge in [-0.05, 0) is 48.7 Å². The van der Waals surface area contributed by atoms with Crippen LogP contribution in [0.3, 0.4) is 0 Å². The molecule has 1 rings (SSSR count). The molecule has 0 unspecified atom stereocenters. The molecule has 3 heteroatoms. The number of phenolic OH excluding ortho intramolecular Hbond substituents is 1. The van der Waals surface area contributed by atoms with Crippen molar-refractivity contribution in [3.05, 3.63) is 29.3 Å². The fourth-order valence-corrected chi connectivity index (χ4v) is 1.76. The summed E-state index contributed by atoms with van der Waals surface area (Å²) >= 11 is 1.26. The molecule has 0 spiro atoms. The molecular weight excluding hydrogens is 194 g/mol. The van der Waals surface area contributed by atoms with Crippen molar-refractivity contribution in [3.63, 3.8) is 0 Å². The van der Waals surface area contributed by atoms with Crippen LogP contribution in [0.1, 0.15) is 17.5 Å². The molecule has 1 aromatic carbocycles. The molecule has 0 saturated heterocycles. The largest absolute Gasteiger partial charge is 0.508 e. The Morgan fingerprint density at radius 3 is 2.93 bits per heavy atom. The van der Waals surface area contributed by atoms with Crippen molar-refractivity contribution in [1.29, 1.82) is 5.26 Å². The van der Waals surface area contributed by atoms with Gasteiger partial charge in [0, 0.05) is 5.75 Å². The molecule has 2 nitrogen and oxygen atoms in total. The van der Waals surface area contributed by atoms with Crippen LogP contribution in [0.2, 0.25) is 0 Å². The second-order valence-electron chi connectivity index (χ2n) is 3.12. The number of hydrogen-bond acceptors (Lipinski definition) is 3. The van der Waals surface area contributed by atoms with E-state index in [4.69, 9.17) is 5.26 Å². The van der Waals surface area contributed by atoms with Gasteiger partial charge in [-0.25, -0.2) is 0 Å². The third kappa shape index (κ3) is 2.97. The molecule has 0 amide bonds. The quantitative estimate of drug-likeness (QED) is 0.610. The maximum Gasteiger partial charge on any atom is 0.133 e. The highest BCUT2D eigenvalue weighted by molar-refractivity contribution is 8.03. The van der Waals surface area contributed by atoms with Gasteiger partial charge >= 0.3 is 0 Å². The molecule has 0 aliphatic carbocycles. The molecule has 0 bridgehead atoms. The summed E-state index contributed by atoms with van der Waals surface area (Å²) in [6, 6.07) is 5.55. The number of hydrogen-bond donors (Lipinski definition) is 1. The first-order valence-corrected chi connectivity index (χ1v) is 5.52. The molecule has 0 atom stereocenters. The van der Waals surface area contributed by atoms with Gasteiger partial charge in [0.2, 0.25) is 0 Å². The zero-order valence-corrected chi connectivity index (χ0v) is 8.97. The van der Waals surface area contributed by atoms with Crippen LogP contribution in [0.25, 0.3) is 0 Å². The second-order valence-corrected chi connectivity index (χ2v) is 4.00. The van der Waals surface area contributed by atoms with Crippen LogP contribution in [0.15, 0.2) is 18.2 Å². The topological polar surface area (TPSA) is 44.0 Å². The molecule has 14 heavy (non-hydrogen) atoms. The fourth-order valence-electron chi connectivity index (χ4n) is 1.38. The lowest BCUT2D eigenvalue weighted by Gasteiger charge is -2.06. The Kier molecular flexibility index (Phi) is 4.34. The SMILES string of the molecule is Cc1cccc(O)c1CCCSC#N. The van der Waals surface area contributed by atoms with Gasteiger partial charge in [0.25, 0.3) is 0 Å².